The Morgan fingerprint density at radius 1 is 1.11 bits per heavy atom. The molecule has 0 bridgehead atoms. The van der Waals surface area contributed by atoms with E-state index >= 15 is 0 Å². The van der Waals surface area contributed by atoms with E-state index in [4.69, 9.17) is 9.47 Å². The summed E-state index contributed by atoms with van der Waals surface area (Å²) in [5, 5.41) is 6.36. The average molecular weight is 410 g/mol. The number of hydrogen-bond donors (Lipinski definition) is 2. The number of piperidine rings is 2. The van der Waals surface area contributed by atoms with Gasteiger partial charge in [0.1, 0.15) is 0 Å². The molecule has 0 radical (unpaired) electrons. The quantitative estimate of drug-likeness (QED) is 0.801. The third-order valence-corrected chi connectivity index (χ3v) is 5.79. The Balaban J connectivity index is 0.00000225. The molecule has 2 atom stereocenters. The summed E-state index contributed by atoms with van der Waals surface area (Å²) in [6.45, 7) is 4.58. The third kappa shape index (κ3) is 4.52. The zero-order valence-corrected chi connectivity index (χ0v) is 16.9. The minimum Gasteiger partial charge on any atom is -0.454 e. The lowest BCUT2D eigenvalue weighted by atomic mass is 9.90. The van der Waals surface area contributed by atoms with Crippen molar-refractivity contribution in [2.24, 2.45) is 11.8 Å². The molecule has 2 fully saturated rings. The van der Waals surface area contributed by atoms with Crippen LogP contribution >= 0.6 is 12.4 Å². The highest BCUT2D eigenvalue weighted by Crippen LogP contribution is 2.34. The molecule has 2 amide bonds. The standard InChI is InChI=1S/C20H27N3O4.ClH/c1-13-10-15(4-7-21-13)20(25)23-8-5-14(6-9-23)19(24)22-16-2-3-17-18(11-16)27-12-26-17;/h2-3,11,13-15,21H,4-10,12H2,1H3,(H,22,24);1H/t13-,15-;/m0./s1. The van der Waals surface area contributed by atoms with Crippen molar-refractivity contribution in [1.82, 2.24) is 10.2 Å². The van der Waals surface area contributed by atoms with Crippen LogP contribution in [0.15, 0.2) is 18.2 Å². The normalized spacial score (nSPS) is 24.4. The number of rotatable bonds is 3. The van der Waals surface area contributed by atoms with Gasteiger partial charge in [0.25, 0.3) is 0 Å². The summed E-state index contributed by atoms with van der Waals surface area (Å²) >= 11 is 0. The van der Waals surface area contributed by atoms with Crippen molar-refractivity contribution in [2.75, 3.05) is 31.7 Å². The number of carbonyl (C=O) groups is 2. The highest BCUT2D eigenvalue weighted by molar-refractivity contribution is 5.93. The van der Waals surface area contributed by atoms with Gasteiger partial charge in [0, 0.05) is 42.7 Å². The summed E-state index contributed by atoms with van der Waals surface area (Å²) in [5.41, 5.74) is 0.714. The fourth-order valence-electron chi connectivity index (χ4n) is 4.20. The maximum Gasteiger partial charge on any atom is 0.231 e. The van der Waals surface area contributed by atoms with Crippen molar-refractivity contribution in [3.63, 3.8) is 0 Å². The van der Waals surface area contributed by atoms with Gasteiger partial charge in [0.2, 0.25) is 18.6 Å². The van der Waals surface area contributed by atoms with Gasteiger partial charge in [-0.3, -0.25) is 9.59 Å². The molecule has 0 saturated carbocycles. The molecular weight excluding hydrogens is 382 g/mol. The lowest BCUT2D eigenvalue weighted by Gasteiger charge is -2.36. The summed E-state index contributed by atoms with van der Waals surface area (Å²) in [6.07, 6.45) is 3.24. The fourth-order valence-corrected chi connectivity index (χ4v) is 4.20. The predicted octanol–water partition coefficient (Wildman–Crippen LogP) is 2.40. The van der Waals surface area contributed by atoms with Crippen molar-refractivity contribution in [3.8, 4) is 11.5 Å². The molecule has 8 heteroatoms. The number of nitrogens with one attached hydrogen (secondary N) is 2. The molecule has 0 spiro atoms. The molecule has 0 unspecified atom stereocenters. The first-order chi connectivity index (χ1) is 13.1. The summed E-state index contributed by atoms with van der Waals surface area (Å²) in [5.74, 6) is 1.69. The van der Waals surface area contributed by atoms with Crippen molar-refractivity contribution in [1.29, 1.82) is 0 Å². The molecule has 1 aromatic carbocycles. The number of likely N-dealkylation sites (tertiary alicyclic amines) is 1. The number of halogens is 1. The second kappa shape index (κ2) is 9.01. The molecule has 1 aromatic rings. The first-order valence-electron chi connectivity index (χ1n) is 9.83. The zero-order valence-electron chi connectivity index (χ0n) is 16.1. The average Bonchev–Trinajstić information content (AvgIpc) is 3.15. The first kappa shape index (κ1) is 20.7. The van der Waals surface area contributed by atoms with Crippen molar-refractivity contribution >= 4 is 29.9 Å². The van der Waals surface area contributed by atoms with Gasteiger partial charge in [-0.05, 0) is 51.3 Å². The van der Waals surface area contributed by atoms with Gasteiger partial charge in [-0.25, -0.2) is 0 Å². The van der Waals surface area contributed by atoms with Crippen molar-refractivity contribution < 1.29 is 19.1 Å². The highest BCUT2D eigenvalue weighted by atomic mass is 35.5. The van der Waals surface area contributed by atoms with E-state index in [2.05, 4.69) is 17.6 Å². The minimum atomic E-state index is -0.0635. The predicted molar refractivity (Wildman–Crippen MR) is 108 cm³/mol. The summed E-state index contributed by atoms with van der Waals surface area (Å²) in [7, 11) is 0. The second-order valence-corrected chi connectivity index (χ2v) is 7.73. The molecular formula is C20H28ClN3O4. The van der Waals surface area contributed by atoms with Crippen LogP contribution in [-0.4, -0.2) is 49.2 Å². The van der Waals surface area contributed by atoms with E-state index in [-0.39, 0.29) is 42.9 Å². The SMILES string of the molecule is C[C@H]1C[C@@H](C(=O)N2CCC(C(=O)Nc3ccc4c(c3)OCO4)CC2)CCN1.Cl. The van der Waals surface area contributed by atoms with Gasteiger partial charge >= 0.3 is 0 Å². The Morgan fingerprint density at radius 3 is 2.61 bits per heavy atom. The number of anilines is 1. The molecule has 4 rings (SSSR count). The molecule has 3 aliphatic heterocycles. The topological polar surface area (TPSA) is 79.9 Å². The molecule has 0 aliphatic carbocycles. The van der Waals surface area contributed by atoms with Gasteiger partial charge < -0.3 is 25.0 Å². The van der Waals surface area contributed by atoms with Gasteiger partial charge in [-0.2, -0.15) is 0 Å². The summed E-state index contributed by atoms with van der Waals surface area (Å²) in [4.78, 5) is 27.3. The third-order valence-electron chi connectivity index (χ3n) is 5.79. The van der Waals surface area contributed by atoms with Crippen LogP contribution in [0.2, 0.25) is 0 Å². The molecule has 2 saturated heterocycles. The lowest BCUT2D eigenvalue weighted by molar-refractivity contribution is -0.139. The number of ether oxygens (including phenoxy) is 2. The molecule has 2 N–H and O–H groups in total. The fraction of sp³-hybridized carbons (Fsp3) is 0.600. The Morgan fingerprint density at radius 2 is 1.86 bits per heavy atom. The molecule has 3 heterocycles. The smallest absolute Gasteiger partial charge is 0.231 e. The minimum absolute atomic E-state index is 0. The van der Waals surface area contributed by atoms with Crippen LogP contribution < -0.4 is 20.1 Å². The number of fused-ring (bicyclic) bond motifs is 1. The van der Waals surface area contributed by atoms with Gasteiger partial charge in [-0.1, -0.05) is 0 Å². The van der Waals surface area contributed by atoms with Crippen LogP contribution in [0.4, 0.5) is 5.69 Å². The van der Waals surface area contributed by atoms with E-state index in [9.17, 15) is 9.59 Å². The van der Waals surface area contributed by atoms with Crippen LogP contribution in [-0.2, 0) is 9.59 Å². The molecule has 154 valence electrons. The maximum absolute atomic E-state index is 12.7. The Hall–Kier alpha value is -1.99. The number of amides is 2. The van der Waals surface area contributed by atoms with E-state index in [1.54, 1.807) is 12.1 Å². The van der Waals surface area contributed by atoms with Crippen LogP contribution in [0.3, 0.4) is 0 Å². The largest absolute Gasteiger partial charge is 0.454 e. The van der Waals surface area contributed by atoms with E-state index in [1.165, 1.54) is 0 Å². The Labute approximate surface area is 171 Å². The number of benzene rings is 1. The lowest BCUT2D eigenvalue weighted by Crippen LogP contribution is -2.47. The van der Waals surface area contributed by atoms with Crippen molar-refractivity contribution in [2.45, 2.75) is 38.6 Å². The van der Waals surface area contributed by atoms with E-state index in [0.29, 0.717) is 49.2 Å². The summed E-state index contributed by atoms with van der Waals surface area (Å²) < 4.78 is 10.6. The molecule has 7 nitrogen and oxygen atoms in total. The molecule has 0 aromatic heterocycles. The highest BCUT2D eigenvalue weighted by Gasteiger charge is 2.32. The van der Waals surface area contributed by atoms with Crippen LogP contribution in [0, 0.1) is 11.8 Å². The first-order valence-corrected chi connectivity index (χ1v) is 9.83. The number of nitrogens with zero attached hydrogens (tertiary/aromatic N) is 1. The second-order valence-electron chi connectivity index (χ2n) is 7.73. The van der Waals surface area contributed by atoms with Crippen LogP contribution in [0.1, 0.15) is 32.6 Å². The van der Waals surface area contributed by atoms with Crippen molar-refractivity contribution in [3.05, 3.63) is 18.2 Å². The Kier molecular flexibility index (Phi) is 6.67. The van der Waals surface area contributed by atoms with Crippen LogP contribution in [0.5, 0.6) is 11.5 Å². The number of hydrogen-bond acceptors (Lipinski definition) is 5. The monoisotopic (exact) mass is 409 g/mol. The van der Waals surface area contributed by atoms with Crippen LogP contribution in [0.25, 0.3) is 0 Å². The van der Waals surface area contributed by atoms with E-state index in [1.807, 2.05) is 11.0 Å². The van der Waals surface area contributed by atoms with Gasteiger partial charge in [-0.15, -0.1) is 12.4 Å². The van der Waals surface area contributed by atoms with Gasteiger partial charge in [0.05, 0.1) is 0 Å². The van der Waals surface area contributed by atoms with Gasteiger partial charge in [0.15, 0.2) is 11.5 Å². The Bertz CT molecular complexity index is 721. The zero-order chi connectivity index (χ0) is 18.8. The molecule has 3 aliphatic rings. The summed E-state index contributed by atoms with van der Waals surface area (Å²) in [6, 6.07) is 5.82. The van der Waals surface area contributed by atoms with E-state index < -0.39 is 0 Å². The maximum atomic E-state index is 12.7. The number of carbonyl (C=O) groups excluding carboxylic acids is 2. The molecule has 28 heavy (non-hydrogen) atoms. The van der Waals surface area contributed by atoms with E-state index in [0.717, 1.165) is 19.4 Å².